The Morgan fingerprint density at radius 2 is 2.24 bits per heavy atom. The Balaban J connectivity index is 2.14. The van der Waals surface area contributed by atoms with Crippen LogP contribution in [0.4, 0.5) is 5.82 Å². The second-order valence-electron chi connectivity index (χ2n) is 3.79. The Hall–Kier alpha value is -1.53. The van der Waals surface area contributed by atoms with Gasteiger partial charge in [-0.15, -0.1) is 11.3 Å². The van der Waals surface area contributed by atoms with Gasteiger partial charge in [0.1, 0.15) is 5.82 Å². The minimum absolute atomic E-state index is 0.411. The van der Waals surface area contributed by atoms with Gasteiger partial charge in [0, 0.05) is 24.7 Å². The number of hydrogen-bond donors (Lipinski definition) is 1. The minimum atomic E-state index is 0.411. The topological polar surface area (TPSA) is 67.9 Å². The van der Waals surface area contributed by atoms with Crippen molar-refractivity contribution in [3.8, 4) is 0 Å². The van der Waals surface area contributed by atoms with Crippen molar-refractivity contribution in [1.29, 1.82) is 0 Å². The van der Waals surface area contributed by atoms with Crippen LogP contribution in [0.2, 0.25) is 0 Å². The summed E-state index contributed by atoms with van der Waals surface area (Å²) in [6.45, 7) is 3.22. The molecule has 0 spiro atoms. The van der Waals surface area contributed by atoms with E-state index in [0.717, 1.165) is 23.8 Å². The van der Waals surface area contributed by atoms with Crippen LogP contribution in [0.1, 0.15) is 16.3 Å². The predicted molar refractivity (Wildman–Crippen MR) is 68.9 cm³/mol. The zero-order chi connectivity index (χ0) is 12.3. The molecule has 0 saturated heterocycles. The lowest BCUT2D eigenvalue weighted by atomic mass is 10.3. The summed E-state index contributed by atoms with van der Waals surface area (Å²) in [5, 5.41) is 0. The fourth-order valence-corrected chi connectivity index (χ4v) is 2.28. The van der Waals surface area contributed by atoms with Crippen molar-refractivity contribution in [1.82, 2.24) is 15.0 Å². The molecule has 0 radical (unpaired) electrons. The maximum Gasteiger partial charge on any atom is 0.147 e. The molecule has 90 valence electrons. The summed E-state index contributed by atoms with van der Waals surface area (Å²) in [7, 11) is 1.99. The first-order valence-electron chi connectivity index (χ1n) is 5.31. The van der Waals surface area contributed by atoms with Gasteiger partial charge in [-0.05, 0) is 6.92 Å². The summed E-state index contributed by atoms with van der Waals surface area (Å²) < 4.78 is 0. The molecule has 0 aliphatic heterocycles. The number of anilines is 1. The minimum Gasteiger partial charge on any atom is -0.353 e. The van der Waals surface area contributed by atoms with Crippen LogP contribution < -0.4 is 10.6 Å². The summed E-state index contributed by atoms with van der Waals surface area (Å²) >= 11 is 1.66. The van der Waals surface area contributed by atoms with Crippen molar-refractivity contribution in [3.63, 3.8) is 0 Å². The number of nitrogens with two attached hydrogens (primary N) is 1. The monoisotopic (exact) mass is 249 g/mol. The maximum atomic E-state index is 5.55. The van der Waals surface area contributed by atoms with E-state index in [1.54, 1.807) is 23.7 Å². The highest BCUT2D eigenvalue weighted by Gasteiger charge is 2.08. The maximum absolute atomic E-state index is 5.55. The van der Waals surface area contributed by atoms with Crippen molar-refractivity contribution < 1.29 is 0 Å². The van der Waals surface area contributed by atoms with E-state index in [2.05, 4.69) is 15.0 Å². The lowest BCUT2D eigenvalue weighted by Crippen LogP contribution is -2.18. The molecular formula is C11H15N5S. The molecule has 2 heterocycles. The smallest absolute Gasteiger partial charge is 0.147 e. The molecule has 6 heteroatoms. The molecule has 5 nitrogen and oxygen atoms in total. The van der Waals surface area contributed by atoms with E-state index in [9.17, 15) is 0 Å². The Morgan fingerprint density at radius 1 is 1.41 bits per heavy atom. The summed E-state index contributed by atoms with van der Waals surface area (Å²) in [6.07, 6.45) is 3.44. The molecular weight excluding hydrogens is 234 g/mol. The lowest BCUT2D eigenvalue weighted by Gasteiger charge is -2.17. The molecule has 0 fully saturated rings. The normalized spacial score (nSPS) is 10.5. The summed E-state index contributed by atoms with van der Waals surface area (Å²) in [5.74, 6) is 0.834. The third-order valence-electron chi connectivity index (χ3n) is 2.50. The van der Waals surface area contributed by atoms with Gasteiger partial charge in [0.05, 0.1) is 29.6 Å². The van der Waals surface area contributed by atoms with Crippen LogP contribution in [0.15, 0.2) is 17.9 Å². The summed E-state index contributed by atoms with van der Waals surface area (Å²) in [4.78, 5) is 16.1. The van der Waals surface area contributed by atoms with E-state index in [0.29, 0.717) is 6.54 Å². The Labute approximate surface area is 104 Å². The van der Waals surface area contributed by atoms with Crippen LogP contribution >= 0.6 is 11.3 Å². The van der Waals surface area contributed by atoms with Crippen LogP contribution in [0, 0.1) is 6.92 Å². The number of hydrogen-bond acceptors (Lipinski definition) is 6. The molecule has 2 aromatic rings. The summed E-state index contributed by atoms with van der Waals surface area (Å²) in [5.41, 5.74) is 9.29. The van der Waals surface area contributed by atoms with Crippen molar-refractivity contribution in [2.24, 2.45) is 5.73 Å². The van der Waals surface area contributed by atoms with Gasteiger partial charge in [-0.1, -0.05) is 0 Å². The van der Waals surface area contributed by atoms with E-state index in [4.69, 9.17) is 5.73 Å². The van der Waals surface area contributed by atoms with Crippen molar-refractivity contribution in [2.45, 2.75) is 20.0 Å². The summed E-state index contributed by atoms with van der Waals surface area (Å²) in [6, 6.07) is 0. The number of rotatable bonds is 4. The van der Waals surface area contributed by atoms with E-state index in [1.807, 2.05) is 24.4 Å². The molecule has 2 aromatic heterocycles. The Kier molecular flexibility index (Phi) is 3.65. The quantitative estimate of drug-likeness (QED) is 0.885. The lowest BCUT2D eigenvalue weighted by molar-refractivity contribution is 0.867. The second kappa shape index (κ2) is 5.20. The highest BCUT2D eigenvalue weighted by molar-refractivity contribution is 7.09. The Morgan fingerprint density at radius 3 is 2.88 bits per heavy atom. The fraction of sp³-hybridized carbons (Fsp3) is 0.364. The molecule has 0 bridgehead atoms. The first-order valence-corrected chi connectivity index (χ1v) is 6.19. The zero-order valence-electron chi connectivity index (χ0n) is 9.92. The molecule has 0 aromatic carbocycles. The van der Waals surface area contributed by atoms with E-state index in [1.165, 1.54) is 4.88 Å². The van der Waals surface area contributed by atoms with E-state index >= 15 is 0 Å². The van der Waals surface area contributed by atoms with Crippen molar-refractivity contribution in [2.75, 3.05) is 11.9 Å². The first kappa shape index (κ1) is 11.9. The predicted octanol–water partition coefficient (Wildman–Crippen LogP) is 1.34. The molecule has 0 amide bonds. The van der Waals surface area contributed by atoms with Gasteiger partial charge in [-0.3, -0.25) is 4.98 Å². The fourth-order valence-electron chi connectivity index (χ4n) is 1.45. The van der Waals surface area contributed by atoms with Gasteiger partial charge in [0.25, 0.3) is 0 Å². The largest absolute Gasteiger partial charge is 0.353 e. The molecule has 0 atom stereocenters. The number of nitrogens with zero attached hydrogens (tertiary/aromatic N) is 4. The van der Waals surface area contributed by atoms with Crippen LogP contribution in [0.3, 0.4) is 0 Å². The van der Waals surface area contributed by atoms with Gasteiger partial charge in [0.15, 0.2) is 0 Å². The number of thiazole rings is 1. The van der Waals surface area contributed by atoms with E-state index < -0.39 is 0 Å². The van der Waals surface area contributed by atoms with Crippen LogP contribution in [0.25, 0.3) is 0 Å². The van der Waals surface area contributed by atoms with Crippen molar-refractivity contribution in [3.05, 3.63) is 34.2 Å². The van der Waals surface area contributed by atoms with Gasteiger partial charge in [-0.25, -0.2) is 9.97 Å². The molecule has 0 unspecified atom stereocenters. The third-order valence-corrected chi connectivity index (χ3v) is 3.42. The highest BCUT2D eigenvalue weighted by atomic mass is 32.1. The Bertz CT molecular complexity index is 496. The van der Waals surface area contributed by atoms with Crippen LogP contribution in [-0.4, -0.2) is 22.0 Å². The van der Waals surface area contributed by atoms with Gasteiger partial charge in [-0.2, -0.15) is 0 Å². The van der Waals surface area contributed by atoms with E-state index in [-0.39, 0.29) is 0 Å². The first-order chi connectivity index (χ1) is 8.20. The van der Waals surface area contributed by atoms with Gasteiger partial charge < -0.3 is 10.6 Å². The molecule has 0 aliphatic rings. The SMILES string of the molecule is Cc1ncsc1CN(C)c1cncc(CN)n1. The number of aryl methyl sites for hydroxylation is 1. The highest BCUT2D eigenvalue weighted by Crippen LogP contribution is 2.17. The standard InChI is InChI=1S/C11H15N5S/c1-8-10(17-7-14-8)6-16(2)11-5-13-4-9(3-12)15-11/h4-5,7H,3,6,12H2,1-2H3. The second-order valence-corrected chi connectivity index (χ2v) is 4.73. The molecule has 2 rings (SSSR count). The zero-order valence-corrected chi connectivity index (χ0v) is 10.7. The molecule has 0 saturated carbocycles. The van der Waals surface area contributed by atoms with Crippen LogP contribution in [0.5, 0.6) is 0 Å². The third kappa shape index (κ3) is 2.78. The van der Waals surface area contributed by atoms with Crippen LogP contribution in [-0.2, 0) is 13.1 Å². The van der Waals surface area contributed by atoms with Crippen molar-refractivity contribution >= 4 is 17.2 Å². The average molecular weight is 249 g/mol. The average Bonchev–Trinajstić information content (AvgIpc) is 2.75. The van der Waals surface area contributed by atoms with Gasteiger partial charge in [0.2, 0.25) is 0 Å². The molecule has 0 aliphatic carbocycles. The molecule has 2 N–H and O–H groups in total. The number of aromatic nitrogens is 3. The van der Waals surface area contributed by atoms with Gasteiger partial charge >= 0.3 is 0 Å². The molecule has 17 heavy (non-hydrogen) atoms.